The van der Waals surface area contributed by atoms with E-state index in [-0.39, 0.29) is 93.0 Å². The molecule has 8 heteroatoms. The SMILES string of the molecule is O=S(=O)(O)O.[KH].[MgH2].[V]. The first kappa shape index (κ1) is 22.4. The molecule has 0 fully saturated rings. The van der Waals surface area contributed by atoms with Gasteiger partial charge in [0.05, 0.1) is 0 Å². The first-order valence-electron chi connectivity index (χ1n) is 0.698. The van der Waals surface area contributed by atoms with Crippen LogP contribution >= 0.6 is 0 Å². The van der Waals surface area contributed by atoms with Gasteiger partial charge in [0.25, 0.3) is 0 Å². The molecule has 0 aromatic rings. The van der Waals surface area contributed by atoms with Gasteiger partial charge >= 0.3 is 84.8 Å². The van der Waals surface area contributed by atoms with Crippen LogP contribution in [0.5, 0.6) is 0 Å². The Morgan fingerprint density at radius 1 is 1.12 bits per heavy atom. The number of hydrogen-bond donors (Lipinski definition) is 2. The van der Waals surface area contributed by atoms with Crippen molar-refractivity contribution in [2.24, 2.45) is 0 Å². The van der Waals surface area contributed by atoms with E-state index < -0.39 is 10.4 Å². The fraction of sp³-hybridized carbons (Fsp3) is 0. The van der Waals surface area contributed by atoms with Crippen molar-refractivity contribution in [2.45, 2.75) is 0 Å². The van der Waals surface area contributed by atoms with Crippen molar-refractivity contribution in [1.29, 1.82) is 0 Å². The van der Waals surface area contributed by atoms with Crippen molar-refractivity contribution in [2.75, 3.05) is 0 Å². The smallest absolute Gasteiger partial charge is 0 e. The molecule has 2 N–H and O–H groups in total. The van der Waals surface area contributed by atoms with Gasteiger partial charge in [-0.25, -0.2) is 0 Å². The van der Waals surface area contributed by atoms with E-state index >= 15 is 0 Å². The van der Waals surface area contributed by atoms with Crippen LogP contribution in [0.15, 0.2) is 0 Å². The van der Waals surface area contributed by atoms with Crippen molar-refractivity contribution in [3.05, 3.63) is 0 Å². The summed E-state index contributed by atoms with van der Waals surface area (Å²) in [5.41, 5.74) is 0. The first-order valence-corrected chi connectivity index (χ1v) is 2.10. The summed E-state index contributed by atoms with van der Waals surface area (Å²) in [5, 5.41) is 0. The Hall–Kier alpha value is 2.86. The summed E-state index contributed by atoms with van der Waals surface area (Å²) in [5.74, 6) is 0. The van der Waals surface area contributed by atoms with Gasteiger partial charge in [0.15, 0.2) is 0 Å². The maximum Gasteiger partial charge on any atom is 0.316 e. The third-order valence-corrected chi connectivity index (χ3v) is 0. The average molecular weight is 215 g/mol. The molecule has 0 aliphatic carbocycles. The standard InChI is InChI=1S/K.Mg.H2O4S.V.3H/c;;1-5(2,3)4;;;;/h;;(H2,1,2,3,4);;;;. The molecular weight excluding hydrogens is 210 g/mol. The van der Waals surface area contributed by atoms with E-state index in [0.29, 0.717) is 0 Å². The van der Waals surface area contributed by atoms with Gasteiger partial charge in [-0.3, -0.25) is 9.11 Å². The van der Waals surface area contributed by atoms with E-state index in [9.17, 15) is 0 Å². The largest absolute Gasteiger partial charge is 0.316 e. The Kier molecular flexibility index (Phi) is 27.6. The predicted molar refractivity (Wildman–Crippen MR) is 29.9 cm³/mol. The van der Waals surface area contributed by atoms with Crippen molar-refractivity contribution >= 4 is 84.8 Å². The van der Waals surface area contributed by atoms with Gasteiger partial charge in [-0.2, -0.15) is 8.42 Å². The maximum atomic E-state index is 8.74. The van der Waals surface area contributed by atoms with Gasteiger partial charge in [0.1, 0.15) is 0 Å². The maximum absolute atomic E-state index is 8.74. The molecule has 0 saturated heterocycles. The van der Waals surface area contributed by atoms with Gasteiger partial charge in [0.2, 0.25) is 0 Å². The Balaban J connectivity index is -0.0000000267. The van der Waals surface area contributed by atoms with Gasteiger partial charge < -0.3 is 0 Å². The molecule has 0 aromatic carbocycles. The molecule has 0 aromatic heterocycles. The summed E-state index contributed by atoms with van der Waals surface area (Å²) in [6, 6.07) is 0. The van der Waals surface area contributed by atoms with Crippen LogP contribution in [0, 0.1) is 0 Å². The first-order chi connectivity index (χ1) is 2.00. The monoisotopic (exact) mass is 215 g/mol. The minimum atomic E-state index is -4.67. The van der Waals surface area contributed by atoms with Crippen molar-refractivity contribution < 1.29 is 36.1 Å². The van der Waals surface area contributed by atoms with E-state index in [4.69, 9.17) is 17.5 Å². The Morgan fingerprint density at radius 3 is 1.12 bits per heavy atom. The van der Waals surface area contributed by atoms with Crippen LogP contribution < -0.4 is 0 Å². The van der Waals surface area contributed by atoms with E-state index in [1.54, 1.807) is 0 Å². The molecule has 43 valence electrons. The molecule has 8 heavy (non-hydrogen) atoms. The van der Waals surface area contributed by atoms with Crippen LogP contribution in [0.25, 0.3) is 0 Å². The Morgan fingerprint density at radius 2 is 1.12 bits per heavy atom. The zero-order valence-corrected chi connectivity index (χ0v) is 4.78. The number of hydrogen-bond acceptors (Lipinski definition) is 2. The predicted octanol–water partition coefficient (Wildman–Crippen LogP) is -2.22. The quantitative estimate of drug-likeness (QED) is 0.355. The van der Waals surface area contributed by atoms with Crippen molar-refractivity contribution in [3.63, 3.8) is 0 Å². The molecule has 0 amide bonds. The summed E-state index contributed by atoms with van der Waals surface area (Å²) < 4.78 is 31.6. The molecule has 0 unspecified atom stereocenters. The molecule has 1 radical (unpaired) electrons. The normalized spacial score (nSPS) is 7.25. The van der Waals surface area contributed by atoms with Crippen molar-refractivity contribution in [1.82, 2.24) is 0 Å². The minimum Gasteiger partial charge on any atom is 0 e. The molecule has 0 heterocycles. The van der Waals surface area contributed by atoms with Crippen LogP contribution in [-0.4, -0.2) is 92.0 Å². The molecule has 0 rings (SSSR count). The van der Waals surface area contributed by atoms with Crippen LogP contribution in [0.3, 0.4) is 0 Å². The van der Waals surface area contributed by atoms with Gasteiger partial charge in [0, 0.05) is 18.6 Å². The summed E-state index contributed by atoms with van der Waals surface area (Å²) in [6.07, 6.45) is 0. The second kappa shape index (κ2) is 9.86. The van der Waals surface area contributed by atoms with E-state index in [1.165, 1.54) is 0 Å². The molecule has 0 bridgehead atoms. The van der Waals surface area contributed by atoms with Crippen LogP contribution in [0.1, 0.15) is 0 Å². The second-order valence-corrected chi connectivity index (χ2v) is 1.34. The zero-order valence-electron chi connectivity index (χ0n) is 2.57. The van der Waals surface area contributed by atoms with Gasteiger partial charge in [-0.1, -0.05) is 0 Å². The topological polar surface area (TPSA) is 74.6 Å². The minimum absolute atomic E-state index is 0. The summed E-state index contributed by atoms with van der Waals surface area (Å²) in [6.45, 7) is 0. The zero-order chi connectivity index (χ0) is 4.50. The fourth-order valence-corrected chi connectivity index (χ4v) is 0. The molecule has 0 aliphatic heterocycles. The van der Waals surface area contributed by atoms with E-state index in [2.05, 4.69) is 0 Å². The van der Waals surface area contributed by atoms with E-state index in [1.807, 2.05) is 0 Å². The van der Waals surface area contributed by atoms with Crippen LogP contribution in [-0.2, 0) is 29.0 Å². The summed E-state index contributed by atoms with van der Waals surface area (Å²) in [7, 11) is -4.67. The molecule has 0 saturated carbocycles. The van der Waals surface area contributed by atoms with Crippen molar-refractivity contribution in [3.8, 4) is 0 Å². The molecule has 4 nitrogen and oxygen atoms in total. The van der Waals surface area contributed by atoms with Gasteiger partial charge in [-0.05, 0) is 0 Å². The molecule has 0 spiro atoms. The summed E-state index contributed by atoms with van der Waals surface area (Å²) >= 11 is 0. The Labute approximate surface area is 118 Å². The van der Waals surface area contributed by atoms with E-state index in [0.717, 1.165) is 0 Å². The second-order valence-electron chi connectivity index (χ2n) is 0.448. The van der Waals surface area contributed by atoms with Crippen LogP contribution in [0.4, 0.5) is 0 Å². The average Bonchev–Trinajstić information content (AvgIpc) is 0.722. The summed E-state index contributed by atoms with van der Waals surface area (Å²) in [4.78, 5) is 0. The third kappa shape index (κ3) is 67.0. The number of rotatable bonds is 0. The molecule has 0 atom stereocenters. The Bertz CT molecular complexity index is 99.2. The molecular formula is H5KMgO4SV. The fourth-order valence-electron chi connectivity index (χ4n) is 0. The van der Waals surface area contributed by atoms with Crippen LogP contribution in [0.2, 0.25) is 0 Å². The van der Waals surface area contributed by atoms with Gasteiger partial charge in [-0.15, -0.1) is 0 Å². The molecule has 0 aliphatic rings. The third-order valence-electron chi connectivity index (χ3n) is 0.